The van der Waals surface area contributed by atoms with Gasteiger partial charge in [0.25, 0.3) is 0 Å². The number of esters is 1. The van der Waals surface area contributed by atoms with E-state index in [2.05, 4.69) is 12.1 Å². The fraction of sp³-hybridized carbons (Fsp3) is 0.533. The fourth-order valence-corrected chi connectivity index (χ4v) is 3.41. The van der Waals surface area contributed by atoms with Gasteiger partial charge >= 0.3 is 5.97 Å². The highest BCUT2D eigenvalue weighted by molar-refractivity contribution is 5.79. The molecule has 2 aliphatic rings. The van der Waals surface area contributed by atoms with Crippen LogP contribution >= 0.6 is 0 Å². The van der Waals surface area contributed by atoms with Gasteiger partial charge in [0, 0.05) is 5.92 Å². The van der Waals surface area contributed by atoms with Crippen molar-refractivity contribution in [3.63, 3.8) is 0 Å². The van der Waals surface area contributed by atoms with Crippen LogP contribution in [0.1, 0.15) is 31.2 Å². The van der Waals surface area contributed by atoms with Gasteiger partial charge in [-0.3, -0.25) is 4.79 Å². The van der Waals surface area contributed by atoms with Gasteiger partial charge in [-0.15, -0.1) is 0 Å². The van der Waals surface area contributed by atoms with Gasteiger partial charge in [-0.1, -0.05) is 43.2 Å². The summed E-state index contributed by atoms with van der Waals surface area (Å²) in [6.45, 7) is 0.645. The van der Waals surface area contributed by atoms with Crippen molar-refractivity contribution in [2.45, 2.75) is 32.1 Å². The molecule has 0 amide bonds. The first-order valence-electron chi connectivity index (χ1n) is 6.52. The predicted octanol–water partition coefficient (Wildman–Crippen LogP) is 2.96. The van der Waals surface area contributed by atoms with E-state index >= 15 is 0 Å². The van der Waals surface area contributed by atoms with Crippen molar-refractivity contribution in [1.29, 1.82) is 0 Å². The molecule has 0 N–H and O–H groups in total. The van der Waals surface area contributed by atoms with Crippen molar-refractivity contribution >= 4 is 5.97 Å². The number of carbonyl (C=O) groups is 1. The highest BCUT2D eigenvalue weighted by atomic mass is 16.5. The summed E-state index contributed by atoms with van der Waals surface area (Å²) in [7, 11) is 0. The van der Waals surface area contributed by atoms with Crippen LogP contribution in [0.5, 0.6) is 0 Å². The average molecular weight is 230 g/mol. The van der Waals surface area contributed by atoms with Gasteiger partial charge in [-0.05, 0) is 24.8 Å². The molecule has 0 radical (unpaired) electrons. The van der Waals surface area contributed by atoms with Crippen LogP contribution in [0.3, 0.4) is 0 Å². The monoisotopic (exact) mass is 230 g/mol. The Hall–Kier alpha value is -1.31. The van der Waals surface area contributed by atoms with Crippen molar-refractivity contribution in [1.82, 2.24) is 0 Å². The predicted molar refractivity (Wildman–Crippen MR) is 65.5 cm³/mol. The van der Waals surface area contributed by atoms with E-state index in [1.165, 1.54) is 18.4 Å². The van der Waals surface area contributed by atoms with Crippen LogP contribution in [0, 0.1) is 11.3 Å². The Labute approximate surface area is 102 Å². The summed E-state index contributed by atoms with van der Waals surface area (Å²) in [5.41, 5.74) is 1.05. The van der Waals surface area contributed by atoms with E-state index in [0.29, 0.717) is 12.5 Å². The zero-order valence-electron chi connectivity index (χ0n) is 10.0. The Balaban J connectivity index is 1.89. The lowest BCUT2D eigenvalue weighted by atomic mass is 9.65. The van der Waals surface area contributed by atoms with Crippen molar-refractivity contribution in [2.24, 2.45) is 11.3 Å². The Morgan fingerprint density at radius 2 is 2.06 bits per heavy atom. The fourth-order valence-electron chi connectivity index (χ4n) is 3.41. The molecule has 0 unspecified atom stereocenters. The molecule has 1 aromatic rings. The minimum absolute atomic E-state index is 0.0473. The molecule has 2 nitrogen and oxygen atoms in total. The van der Waals surface area contributed by atoms with Crippen molar-refractivity contribution < 1.29 is 9.53 Å². The van der Waals surface area contributed by atoms with Gasteiger partial charge in [0.05, 0.1) is 12.0 Å². The molecule has 2 atom stereocenters. The van der Waals surface area contributed by atoms with Gasteiger partial charge in [0.1, 0.15) is 0 Å². The maximum Gasteiger partial charge on any atom is 0.312 e. The van der Waals surface area contributed by atoms with Crippen LogP contribution in [0.25, 0.3) is 0 Å². The summed E-state index contributed by atoms with van der Waals surface area (Å²) in [6.07, 6.45) is 5.43. The molecule has 0 aromatic heterocycles. The van der Waals surface area contributed by atoms with E-state index < -0.39 is 0 Å². The van der Waals surface area contributed by atoms with Crippen LogP contribution in [0.4, 0.5) is 0 Å². The smallest absolute Gasteiger partial charge is 0.312 e. The second kappa shape index (κ2) is 4.17. The van der Waals surface area contributed by atoms with Crippen molar-refractivity contribution in [3.8, 4) is 0 Å². The lowest BCUT2D eigenvalue weighted by molar-refractivity contribution is -0.147. The zero-order chi connectivity index (χ0) is 11.7. The quantitative estimate of drug-likeness (QED) is 0.730. The van der Waals surface area contributed by atoms with Gasteiger partial charge in [-0.2, -0.15) is 0 Å². The third-order valence-corrected chi connectivity index (χ3v) is 4.39. The van der Waals surface area contributed by atoms with Crippen LogP contribution in [0.2, 0.25) is 0 Å². The Morgan fingerprint density at radius 1 is 1.24 bits per heavy atom. The van der Waals surface area contributed by atoms with E-state index in [4.69, 9.17) is 4.74 Å². The molecule has 0 bridgehead atoms. The van der Waals surface area contributed by atoms with Gasteiger partial charge < -0.3 is 4.74 Å². The summed E-state index contributed by atoms with van der Waals surface area (Å²) < 4.78 is 5.34. The van der Waals surface area contributed by atoms with E-state index in [9.17, 15) is 4.79 Å². The summed E-state index contributed by atoms with van der Waals surface area (Å²) in [4.78, 5) is 12.1. The van der Waals surface area contributed by atoms with E-state index in [1.54, 1.807) is 0 Å². The molecule has 17 heavy (non-hydrogen) atoms. The number of carbonyl (C=O) groups excluding carboxylic acids is 1. The first kappa shape index (κ1) is 10.8. The molecule has 1 saturated carbocycles. The molecule has 1 aromatic carbocycles. The summed E-state index contributed by atoms with van der Waals surface area (Å²) >= 11 is 0. The molecule has 2 heteroatoms. The number of rotatable bonds is 2. The summed E-state index contributed by atoms with van der Waals surface area (Å²) in [5, 5.41) is 0. The minimum Gasteiger partial charge on any atom is -0.465 e. The molecule has 1 heterocycles. The topological polar surface area (TPSA) is 26.3 Å². The maximum atomic E-state index is 12.1. The van der Waals surface area contributed by atoms with Crippen LogP contribution < -0.4 is 0 Å². The molecular weight excluding hydrogens is 212 g/mol. The zero-order valence-corrected chi connectivity index (χ0v) is 10.0. The standard InChI is InChI=1S/C15H18O2/c16-14-15(10-12-6-2-1-3-7-12)9-5-4-8-13(15)11-17-14/h1-3,6-7,13H,4-5,8-11H2/t13-,15+/m0/s1. The summed E-state index contributed by atoms with van der Waals surface area (Å²) in [5.74, 6) is 0.495. The molecular formula is C15H18O2. The van der Waals surface area contributed by atoms with E-state index in [-0.39, 0.29) is 11.4 Å². The third-order valence-electron chi connectivity index (χ3n) is 4.39. The first-order valence-corrected chi connectivity index (χ1v) is 6.52. The van der Waals surface area contributed by atoms with E-state index in [0.717, 1.165) is 19.3 Å². The number of fused-ring (bicyclic) bond motifs is 1. The molecule has 1 aliphatic carbocycles. The van der Waals surface area contributed by atoms with E-state index in [1.807, 2.05) is 18.2 Å². The summed E-state index contributed by atoms with van der Waals surface area (Å²) in [6, 6.07) is 10.3. The van der Waals surface area contributed by atoms with Gasteiger partial charge in [0.2, 0.25) is 0 Å². The van der Waals surface area contributed by atoms with Gasteiger partial charge in [0.15, 0.2) is 0 Å². The Bertz CT molecular complexity index is 412. The average Bonchev–Trinajstić information content (AvgIpc) is 2.69. The van der Waals surface area contributed by atoms with Gasteiger partial charge in [-0.25, -0.2) is 0 Å². The first-order chi connectivity index (χ1) is 8.31. The van der Waals surface area contributed by atoms with Crippen LogP contribution in [-0.2, 0) is 16.0 Å². The lowest BCUT2D eigenvalue weighted by Gasteiger charge is -2.35. The second-order valence-electron chi connectivity index (χ2n) is 5.36. The molecule has 0 spiro atoms. The number of hydrogen-bond donors (Lipinski definition) is 0. The Morgan fingerprint density at radius 3 is 2.88 bits per heavy atom. The molecule has 90 valence electrons. The SMILES string of the molecule is O=C1OC[C@@H]2CCCC[C@]12Cc1ccccc1. The van der Waals surface area contributed by atoms with Crippen molar-refractivity contribution in [3.05, 3.63) is 35.9 Å². The number of benzene rings is 1. The largest absolute Gasteiger partial charge is 0.465 e. The number of ether oxygens (including phenoxy) is 1. The molecule has 2 fully saturated rings. The highest BCUT2D eigenvalue weighted by Crippen LogP contribution is 2.48. The second-order valence-corrected chi connectivity index (χ2v) is 5.36. The highest BCUT2D eigenvalue weighted by Gasteiger charge is 2.52. The number of hydrogen-bond acceptors (Lipinski definition) is 2. The van der Waals surface area contributed by atoms with Crippen LogP contribution in [0.15, 0.2) is 30.3 Å². The normalized spacial score (nSPS) is 32.0. The Kier molecular flexibility index (Phi) is 2.65. The maximum absolute atomic E-state index is 12.1. The molecule has 1 aliphatic heterocycles. The molecule has 3 rings (SSSR count). The lowest BCUT2D eigenvalue weighted by Crippen LogP contribution is -2.38. The van der Waals surface area contributed by atoms with Crippen molar-refractivity contribution in [2.75, 3.05) is 6.61 Å². The minimum atomic E-state index is -0.209. The third kappa shape index (κ3) is 1.76. The number of cyclic esters (lactones) is 1. The molecule has 1 saturated heterocycles. The van der Waals surface area contributed by atoms with Crippen LogP contribution in [-0.4, -0.2) is 12.6 Å².